The molecule has 0 fully saturated rings. The molecule has 2 aromatic heterocycles. The molecule has 0 bridgehead atoms. The van der Waals surface area contributed by atoms with Crippen molar-refractivity contribution in [3.63, 3.8) is 0 Å². The molecule has 0 saturated carbocycles. The SMILES string of the molecule is O=c1[nH]c2oc(=O)c(I)cc2cc1I. The van der Waals surface area contributed by atoms with Gasteiger partial charge >= 0.3 is 5.63 Å². The van der Waals surface area contributed by atoms with Crippen LogP contribution in [-0.4, -0.2) is 4.98 Å². The van der Waals surface area contributed by atoms with Gasteiger partial charge in [0.05, 0.1) is 7.14 Å². The van der Waals surface area contributed by atoms with Gasteiger partial charge in [-0.3, -0.25) is 9.78 Å². The van der Waals surface area contributed by atoms with Crippen LogP contribution >= 0.6 is 45.2 Å². The maximum atomic E-state index is 11.2. The fourth-order valence-corrected chi connectivity index (χ4v) is 1.95. The summed E-state index contributed by atoms with van der Waals surface area (Å²) in [6.45, 7) is 0. The van der Waals surface area contributed by atoms with E-state index in [1.165, 1.54) is 0 Å². The third-order valence-corrected chi connectivity index (χ3v) is 3.21. The molecule has 0 aliphatic heterocycles. The molecule has 4 nitrogen and oxygen atoms in total. The number of H-pyrrole nitrogens is 1. The summed E-state index contributed by atoms with van der Waals surface area (Å²) >= 11 is 3.82. The number of rotatable bonds is 0. The smallest absolute Gasteiger partial charge is 0.351 e. The topological polar surface area (TPSA) is 63.1 Å². The second-order valence-corrected chi connectivity index (χ2v) is 4.94. The Kier molecular flexibility index (Phi) is 2.64. The number of fused-ring (bicyclic) bond motifs is 1. The highest BCUT2D eigenvalue weighted by molar-refractivity contribution is 14.1. The second-order valence-electron chi connectivity index (χ2n) is 2.61. The van der Waals surface area contributed by atoms with E-state index in [-0.39, 0.29) is 11.3 Å². The van der Waals surface area contributed by atoms with Gasteiger partial charge in [-0.05, 0) is 57.3 Å². The lowest BCUT2D eigenvalue weighted by Crippen LogP contribution is -2.11. The van der Waals surface area contributed by atoms with Crippen LogP contribution in [0.1, 0.15) is 0 Å². The minimum absolute atomic E-state index is 0.223. The zero-order chi connectivity index (χ0) is 10.3. The monoisotopic (exact) mass is 415 g/mol. The normalized spacial score (nSPS) is 10.7. The number of pyridine rings is 1. The first-order chi connectivity index (χ1) is 6.58. The number of nitrogens with one attached hydrogen (secondary N) is 1. The Morgan fingerprint density at radius 2 is 1.79 bits per heavy atom. The third-order valence-electron chi connectivity index (χ3n) is 1.66. The van der Waals surface area contributed by atoms with Gasteiger partial charge in [-0.2, -0.15) is 0 Å². The molecule has 2 aromatic rings. The average molecular weight is 415 g/mol. The lowest BCUT2D eigenvalue weighted by Gasteiger charge is -1.96. The highest BCUT2D eigenvalue weighted by atomic mass is 127. The van der Waals surface area contributed by atoms with Crippen molar-refractivity contribution in [2.45, 2.75) is 0 Å². The van der Waals surface area contributed by atoms with Crippen molar-refractivity contribution in [1.82, 2.24) is 4.98 Å². The molecule has 14 heavy (non-hydrogen) atoms. The Hall–Kier alpha value is -0.380. The highest BCUT2D eigenvalue weighted by Gasteiger charge is 2.05. The summed E-state index contributed by atoms with van der Waals surface area (Å²) in [5.74, 6) is 0. The Morgan fingerprint density at radius 3 is 2.50 bits per heavy atom. The van der Waals surface area contributed by atoms with E-state index < -0.39 is 5.63 Å². The summed E-state index contributed by atoms with van der Waals surface area (Å²) in [5, 5.41) is 0.720. The van der Waals surface area contributed by atoms with Crippen molar-refractivity contribution >= 4 is 56.3 Å². The first-order valence-electron chi connectivity index (χ1n) is 3.60. The molecular formula is C8H3I2NO3. The molecule has 0 unspecified atom stereocenters. The fraction of sp³-hybridized carbons (Fsp3) is 0. The van der Waals surface area contributed by atoms with Crippen LogP contribution in [0.25, 0.3) is 11.1 Å². The van der Waals surface area contributed by atoms with E-state index in [1.807, 2.05) is 45.2 Å². The minimum atomic E-state index is -0.435. The van der Waals surface area contributed by atoms with Crippen molar-refractivity contribution < 1.29 is 4.42 Å². The zero-order valence-electron chi connectivity index (χ0n) is 6.64. The first kappa shape index (κ1) is 10.1. The molecular weight excluding hydrogens is 412 g/mol. The Morgan fingerprint density at radius 1 is 1.14 bits per heavy atom. The standard InChI is InChI=1S/C8H3I2NO3/c9-4-1-3-2-5(10)8(13)14-7(3)11-6(4)12/h1-2H,(H,11,12). The Balaban J connectivity index is 2.97. The fourth-order valence-electron chi connectivity index (χ4n) is 1.03. The molecule has 6 heteroatoms. The highest BCUT2D eigenvalue weighted by Crippen LogP contribution is 2.12. The van der Waals surface area contributed by atoms with Gasteiger partial charge in [-0.15, -0.1) is 0 Å². The van der Waals surface area contributed by atoms with E-state index in [1.54, 1.807) is 12.1 Å². The lowest BCUT2D eigenvalue weighted by molar-refractivity contribution is 0.543. The maximum Gasteiger partial charge on any atom is 0.351 e. The molecule has 0 radical (unpaired) electrons. The molecule has 2 rings (SSSR count). The third kappa shape index (κ3) is 1.72. The molecule has 0 aliphatic carbocycles. The Bertz CT molecular complexity index is 563. The molecule has 1 N–H and O–H groups in total. The predicted molar refractivity (Wildman–Crippen MR) is 68.5 cm³/mol. The molecule has 0 spiro atoms. The summed E-state index contributed by atoms with van der Waals surface area (Å²) in [7, 11) is 0. The van der Waals surface area contributed by atoms with Gasteiger partial charge in [-0.25, -0.2) is 4.79 Å². The first-order valence-corrected chi connectivity index (χ1v) is 5.76. The van der Waals surface area contributed by atoms with Crippen LogP contribution in [0.15, 0.2) is 26.1 Å². The summed E-state index contributed by atoms with van der Waals surface area (Å²) in [4.78, 5) is 24.8. The largest absolute Gasteiger partial charge is 0.405 e. The van der Waals surface area contributed by atoms with Crippen molar-refractivity contribution in [2.75, 3.05) is 0 Å². The van der Waals surface area contributed by atoms with Gasteiger partial charge in [0.2, 0.25) is 5.71 Å². The van der Waals surface area contributed by atoms with Crippen molar-refractivity contribution in [3.8, 4) is 0 Å². The number of hydrogen-bond donors (Lipinski definition) is 1. The quantitative estimate of drug-likeness (QED) is 0.667. The summed E-state index contributed by atoms with van der Waals surface area (Å²) < 4.78 is 5.97. The summed E-state index contributed by atoms with van der Waals surface area (Å²) in [6.07, 6.45) is 0. The molecule has 0 amide bonds. The zero-order valence-corrected chi connectivity index (χ0v) is 11.0. The molecule has 2 heterocycles. The molecule has 0 atom stereocenters. The van der Waals surface area contributed by atoms with Crippen LogP contribution < -0.4 is 11.2 Å². The van der Waals surface area contributed by atoms with E-state index in [0.29, 0.717) is 7.14 Å². The van der Waals surface area contributed by atoms with Crippen LogP contribution in [0, 0.1) is 7.14 Å². The number of aromatic amines is 1. The van der Waals surface area contributed by atoms with E-state index in [9.17, 15) is 9.59 Å². The van der Waals surface area contributed by atoms with E-state index in [0.717, 1.165) is 5.39 Å². The molecule has 72 valence electrons. The van der Waals surface area contributed by atoms with E-state index >= 15 is 0 Å². The van der Waals surface area contributed by atoms with Gasteiger partial charge in [0.25, 0.3) is 5.56 Å². The van der Waals surface area contributed by atoms with Crippen LogP contribution in [-0.2, 0) is 0 Å². The summed E-state index contributed by atoms with van der Waals surface area (Å²) in [5.41, 5.74) is -0.460. The van der Waals surface area contributed by atoms with Crippen molar-refractivity contribution in [2.24, 2.45) is 0 Å². The van der Waals surface area contributed by atoms with Gasteiger partial charge in [0.1, 0.15) is 0 Å². The number of halogens is 2. The van der Waals surface area contributed by atoms with Crippen LogP contribution in [0.2, 0.25) is 0 Å². The average Bonchev–Trinajstić information content (AvgIpc) is 2.11. The summed E-state index contributed by atoms with van der Waals surface area (Å²) in [6, 6.07) is 3.36. The van der Waals surface area contributed by atoms with Crippen LogP contribution in [0.5, 0.6) is 0 Å². The molecule has 0 saturated heterocycles. The van der Waals surface area contributed by atoms with Crippen LogP contribution in [0.3, 0.4) is 0 Å². The van der Waals surface area contributed by atoms with Gasteiger partial charge < -0.3 is 4.42 Å². The lowest BCUT2D eigenvalue weighted by atomic mass is 10.3. The van der Waals surface area contributed by atoms with Gasteiger partial charge in [-0.1, -0.05) is 0 Å². The van der Waals surface area contributed by atoms with Crippen molar-refractivity contribution in [1.29, 1.82) is 0 Å². The van der Waals surface area contributed by atoms with Crippen LogP contribution in [0.4, 0.5) is 0 Å². The maximum absolute atomic E-state index is 11.2. The van der Waals surface area contributed by atoms with E-state index in [2.05, 4.69) is 4.98 Å². The number of aromatic nitrogens is 1. The van der Waals surface area contributed by atoms with E-state index in [4.69, 9.17) is 4.42 Å². The second kappa shape index (κ2) is 3.65. The number of hydrogen-bond acceptors (Lipinski definition) is 3. The minimum Gasteiger partial charge on any atom is -0.405 e. The Labute approximate surface area is 105 Å². The van der Waals surface area contributed by atoms with Gasteiger partial charge in [0, 0.05) is 5.39 Å². The van der Waals surface area contributed by atoms with Gasteiger partial charge in [0.15, 0.2) is 0 Å². The molecule has 0 aliphatic rings. The van der Waals surface area contributed by atoms with Crippen molar-refractivity contribution in [3.05, 3.63) is 40.0 Å². The predicted octanol–water partition coefficient (Wildman–Crippen LogP) is 1.69. The molecule has 0 aromatic carbocycles.